The molecular formula is C7H10N2S. The molecule has 1 rings (SSSR count). The molecule has 0 aliphatic carbocycles. The third kappa shape index (κ3) is 1.84. The zero-order chi connectivity index (χ0) is 7.56. The summed E-state index contributed by atoms with van der Waals surface area (Å²) < 4.78 is 0. The van der Waals surface area contributed by atoms with E-state index >= 15 is 0 Å². The number of nitrogens with one attached hydrogen (secondary N) is 1. The Hall–Kier alpha value is -0.830. The molecule has 0 unspecified atom stereocenters. The quantitative estimate of drug-likeness (QED) is 0.707. The lowest BCUT2D eigenvalue weighted by Gasteiger charge is -1.96. The van der Waals surface area contributed by atoms with E-state index in [1.165, 1.54) is 4.88 Å². The van der Waals surface area contributed by atoms with E-state index in [9.17, 15) is 0 Å². The first-order chi connectivity index (χ1) is 4.68. The Balaban J connectivity index is 2.67. The molecule has 0 amide bonds. The number of aryl methyl sites for hydroxylation is 1. The highest BCUT2D eigenvalue weighted by molar-refractivity contribution is 7.15. The standard InChI is InChI=1S/C7H10N2S/c1-5(2)9-7-8-4-6(3)10-7/h4H,1H2,2-3H3,(H,8,9). The number of allylic oxidation sites excluding steroid dienone is 1. The smallest absolute Gasteiger partial charge is 0.187 e. The van der Waals surface area contributed by atoms with Crippen LogP contribution in [0.4, 0.5) is 5.13 Å². The van der Waals surface area contributed by atoms with E-state index in [0.29, 0.717) is 0 Å². The van der Waals surface area contributed by atoms with Crippen LogP contribution in [0.25, 0.3) is 0 Å². The maximum Gasteiger partial charge on any atom is 0.187 e. The van der Waals surface area contributed by atoms with Gasteiger partial charge in [0.05, 0.1) is 0 Å². The summed E-state index contributed by atoms with van der Waals surface area (Å²) >= 11 is 1.63. The van der Waals surface area contributed by atoms with Crippen molar-refractivity contribution >= 4 is 16.5 Å². The molecule has 0 aromatic carbocycles. The number of aromatic nitrogens is 1. The molecule has 1 aromatic heterocycles. The molecule has 2 nitrogen and oxygen atoms in total. The summed E-state index contributed by atoms with van der Waals surface area (Å²) in [5.41, 5.74) is 0.925. The Bertz CT molecular complexity index is 240. The van der Waals surface area contributed by atoms with Crippen LogP contribution in [-0.4, -0.2) is 4.98 Å². The number of thiazole rings is 1. The van der Waals surface area contributed by atoms with Gasteiger partial charge < -0.3 is 5.32 Å². The van der Waals surface area contributed by atoms with Crippen LogP contribution in [0.2, 0.25) is 0 Å². The van der Waals surface area contributed by atoms with Crippen molar-refractivity contribution in [2.75, 3.05) is 5.32 Å². The first kappa shape index (κ1) is 7.28. The fourth-order valence-electron chi connectivity index (χ4n) is 0.595. The van der Waals surface area contributed by atoms with Crippen molar-refractivity contribution in [2.45, 2.75) is 13.8 Å². The molecule has 0 saturated heterocycles. The lowest BCUT2D eigenvalue weighted by atomic mass is 10.6. The summed E-state index contributed by atoms with van der Waals surface area (Å²) in [4.78, 5) is 5.31. The second kappa shape index (κ2) is 2.84. The van der Waals surface area contributed by atoms with Gasteiger partial charge in [-0.15, -0.1) is 11.3 Å². The summed E-state index contributed by atoms with van der Waals surface area (Å²) in [6, 6.07) is 0. The van der Waals surface area contributed by atoms with Crippen LogP contribution in [0.15, 0.2) is 18.5 Å². The molecular weight excluding hydrogens is 144 g/mol. The van der Waals surface area contributed by atoms with Gasteiger partial charge in [-0.2, -0.15) is 0 Å². The van der Waals surface area contributed by atoms with E-state index < -0.39 is 0 Å². The minimum absolute atomic E-state index is 0.921. The van der Waals surface area contributed by atoms with E-state index in [0.717, 1.165) is 10.8 Å². The number of hydrogen-bond donors (Lipinski definition) is 1. The van der Waals surface area contributed by atoms with Crippen LogP contribution in [0.5, 0.6) is 0 Å². The molecule has 0 fully saturated rings. The molecule has 1 N–H and O–H groups in total. The lowest BCUT2D eigenvalue weighted by molar-refractivity contribution is 1.32. The zero-order valence-electron chi connectivity index (χ0n) is 6.14. The van der Waals surface area contributed by atoms with Gasteiger partial charge in [0, 0.05) is 16.8 Å². The molecule has 3 heteroatoms. The molecule has 0 spiro atoms. The maximum absolute atomic E-state index is 4.10. The van der Waals surface area contributed by atoms with Crippen LogP contribution in [0.3, 0.4) is 0 Å². The molecule has 54 valence electrons. The van der Waals surface area contributed by atoms with Crippen LogP contribution >= 0.6 is 11.3 Å². The minimum Gasteiger partial charge on any atom is -0.336 e. The third-order valence-corrected chi connectivity index (χ3v) is 1.77. The molecule has 0 aliphatic rings. The van der Waals surface area contributed by atoms with Crippen LogP contribution in [0, 0.1) is 6.92 Å². The summed E-state index contributed by atoms with van der Waals surface area (Å²) in [6.45, 7) is 7.66. The summed E-state index contributed by atoms with van der Waals surface area (Å²) in [5.74, 6) is 0. The Morgan fingerprint density at radius 3 is 2.90 bits per heavy atom. The first-order valence-electron chi connectivity index (χ1n) is 3.03. The van der Waals surface area contributed by atoms with Gasteiger partial charge in [-0.1, -0.05) is 6.58 Å². The molecule has 1 aromatic rings. The third-order valence-electron chi connectivity index (χ3n) is 0.942. The van der Waals surface area contributed by atoms with Gasteiger partial charge in [0.25, 0.3) is 0 Å². The maximum atomic E-state index is 4.10. The highest BCUT2D eigenvalue weighted by Gasteiger charge is 1.94. The van der Waals surface area contributed by atoms with Gasteiger partial charge in [0.1, 0.15) is 0 Å². The second-order valence-electron chi connectivity index (χ2n) is 2.18. The number of nitrogens with zero attached hydrogens (tertiary/aromatic N) is 1. The SMILES string of the molecule is C=C(C)Nc1ncc(C)s1. The Morgan fingerprint density at radius 2 is 2.50 bits per heavy atom. The van der Waals surface area contributed by atoms with Gasteiger partial charge in [-0.25, -0.2) is 4.98 Å². The van der Waals surface area contributed by atoms with Gasteiger partial charge in [0.15, 0.2) is 5.13 Å². The van der Waals surface area contributed by atoms with Crippen molar-refractivity contribution < 1.29 is 0 Å². The van der Waals surface area contributed by atoms with Crippen molar-refractivity contribution in [1.29, 1.82) is 0 Å². The van der Waals surface area contributed by atoms with Gasteiger partial charge in [-0.3, -0.25) is 0 Å². The van der Waals surface area contributed by atoms with Crippen LogP contribution in [-0.2, 0) is 0 Å². The van der Waals surface area contributed by atoms with E-state index in [-0.39, 0.29) is 0 Å². The van der Waals surface area contributed by atoms with E-state index in [1.54, 1.807) is 11.3 Å². The molecule has 10 heavy (non-hydrogen) atoms. The molecule has 0 radical (unpaired) electrons. The van der Waals surface area contributed by atoms with Crippen LogP contribution in [0.1, 0.15) is 11.8 Å². The van der Waals surface area contributed by atoms with Crippen molar-refractivity contribution in [1.82, 2.24) is 4.98 Å². The topological polar surface area (TPSA) is 24.9 Å². The molecule has 0 saturated carbocycles. The van der Waals surface area contributed by atoms with E-state index in [2.05, 4.69) is 16.9 Å². The largest absolute Gasteiger partial charge is 0.336 e. The first-order valence-corrected chi connectivity index (χ1v) is 3.85. The number of anilines is 1. The van der Waals surface area contributed by atoms with Gasteiger partial charge >= 0.3 is 0 Å². The highest BCUT2D eigenvalue weighted by atomic mass is 32.1. The predicted octanol–water partition coefficient (Wildman–Crippen LogP) is 2.40. The summed E-state index contributed by atoms with van der Waals surface area (Å²) in [5, 5.41) is 3.96. The van der Waals surface area contributed by atoms with Gasteiger partial charge in [0.2, 0.25) is 0 Å². The number of hydrogen-bond acceptors (Lipinski definition) is 3. The normalized spacial score (nSPS) is 9.40. The van der Waals surface area contributed by atoms with Gasteiger partial charge in [-0.05, 0) is 13.8 Å². The van der Waals surface area contributed by atoms with E-state index in [1.807, 2.05) is 20.0 Å². The summed E-state index contributed by atoms with van der Waals surface area (Å²) in [7, 11) is 0. The van der Waals surface area contributed by atoms with Crippen molar-refractivity contribution in [3.8, 4) is 0 Å². The molecule has 1 heterocycles. The Morgan fingerprint density at radius 1 is 1.80 bits per heavy atom. The van der Waals surface area contributed by atoms with E-state index in [4.69, 9.17) is 0 Å². The lowest BCUT2D eigenvalue weighted by Crippen LogP contribution is -1.91. The number of rotatable bonds is 2. The van der Waals surface area contributed by atoms with Crippen molar-refractivity contribution in [3.05, 3.63) is 23.3 Å². The zero-order valence-corrected chi connectivity index (χ0v) is 6.96. The molecule has 0 atom stereocenters. The predicted molar refractivity (Wildman–Crippen MR) is 45.3 cm³/mol. The summed E-state index contributed by atoms with van der Waals surface area (Å²) in [6.07, 6.45) is 1.84. The second-order valence-corrected chi connectivity index (χ2v) is 3.42. The molecule has 0 aliphatic heterocycles. The van der Waals surface area contributed by atoms with Crippen molar-refractivity contribution in [2.24, 2.45) is 0 Å². The average molecular weight is 154 g/mol. The van der Waals surface area contributed by atoms with Crippen molar-refractivity contribution in [3.63, 3.8) is 0 Å². The molecule has 0 bridgehead atoms. The monoisotopic (exact) mass is 154 g/mol. The fourth-order valence-corrected chi connectivity index (χ4v) is 1.34. The fraction of sp³-hybridized carbons (Fsp3) is 0.286. The minimum atomic E-state index is 0.921. The highest BCUT2D eigenvalue weighted by Crippen LogP contribution is 2.17. The Kier molecular flexibility index (Phi) is 2.06. The Labute approximate surface area is 64.6 Å². The van der Waals surface area contributed by atoms with Crippen LogP contribution < -0.4 is 5.32 Å². The average Bonchev–Trinajstić information content (AvgIpc) is 2.13.